The lowest BCUT2D eigenvalue weighted by molar-refractivity contribution is 0.426. The van der Waals surface area contributed by atoms with Crippen LogP contribution in [-0.4, -0.2) is 32.1 Å². The van der Waals surface area contributed by atoms with Crippen molar-refractivity contribution in [2.45, 2.75) is 0 Å². The zero-order valence-corrected chi connectivity index (χ0v) is 24.3. The first-order valence-corrected chi connectivity index (χ1v) is 14.8. The van der Waals surface area contributed by atoms with E-state index in [0.29, 0.717) is 22.9 Å². The van der Waals surface area contributed by atoms with E-state index in [1.807, 2.05) is 97.1 Å². The predicted octanol–water partition coefficient (Wildman–Crippen LogP) is 7.55. The summed E-state index contributed by atoms with van der Waals surface area (Å²) < 4.78 is 0. The van der Waals surface area contributed by atoms with E-state index in [2.05, 4.69) is 48.5 Å². The van der Waals surface area contributed by atoms with Crippen molar-refractivity contribution < 1.29 is 10.0 Å². The molecule has 0 saturated heterocycles. The summed E-state index contributed by atoms with van der Waals surface area (Å²) in [6.07, 6.45) is 0. The van der Waals surface area contributed by atoms with Gasteiger partial charge in [-0.1, -0.05) is 158 Å². The van der Waals surface area contributed by atoms with Gasteiger partial charge in [-0.05, 0) is 38.8 Å². The Morgan fingerprint density at radius 2 is 0.622 bits per heavy atom. The minimum atomic E-state index is -1.56. The third-order valence-corrected chi connectivity index (χ3v) is 7.83. The Balaban J connectivity index is 1.29. The molecule has 6 aromatic carbocycles. The van der Waals surface area contributed by atoms with Gasteiger partial charge < -0.3 is 10.0 Å². The Bertz CT molecular complexity index is 1950. The maximum atomic E-state index is 9.87. The second-order valence-corrected chi connectivity index (χ2v) is 10.7. The highest BCUT2D eigenvalue weighted by Gasteiger charge is 2.17. The van der Waals surface area contributed by atoms with Crippen LogP contribution in [0.5, 0.6) is 0 Å². The van der Waals surface area contributed by atoms with Crippen molar-refractivity contribution >= 4 is 12.6 Å². The summed E-state index contributed by atoms with van der Waals surface area (Å²) in [6, 6.07) is 52.1. The molecule has 1 aromatic heterocycles. The molecule has 7 rings (SSSR count). The van der Waals surface area contributed by atoms with Crippen molar-refractivity contribution in [2.24, 2.45) is 0 Å². The van der Waals surface area contributed by atoms with Crippen LogP contribution in [0, 0.1) is 0 Å². The van der Waals surface area contributed by atoms with E-state index in [4.69, 9.17) is 15.0 Å². The van der Waals surface area contributed by atoms with E-state index < -0.39 is 7.12 Å². The minimum absolute atomic E-state index is 0.452. The molecule has 0 radical (unpaired) electrons. The molecule has 0 spiro atoms. The van der Waals surface area contributed by atoms with Gasteiger partial charge in [0.2, 0.25) is 0 Å². The second-order valence-electron chi connectivity index (χ2n) is 10.7. The molecule has 0 saturated carbocycles. The van der Waals surface area contributed by atoms with Crippen LogP contribution in [0.25, 0.3) is 67.5 Å². The molecule has 214 valence electrons. The van der Waals surface area contributed by atoms with Gasteiger partial charge in [-0.2, -0.15) is 0 Å². The molecule has 7 aromatic rings. The normalized spacial score (nSPS) is 10.9. The molecule has 1 heterocycles. The van der Waals surface area contributed by atoms with Gasteiger partial charge in [0.25, 0.3) is 0 Å². The SMILES string of the molecule is OB(O)c1ccccc1-c1ccc(-c2nc(-c3ccc(-c4ccccc4)cc3)nc(-c3ccc(-c4ccccc4)cc3)n2)cc1. The number of rotatable bonds is 7. The number of aromatic nitrogens is 3. The quantitative estimate of drug-likeness (QED) is 0.190. The smallest absolute Gasteiger partial charge is 0.423 e. The van der Waals surface area contributed by atoms with Crippen LogP contribution in [0.15, 0.2) is 158 Å². The zero-order valence-electron chi connectivity index (χ0n) is 24.3. The number of nitrogens with zero attached hydrogens (tertiary/aromatic N) is 3. The maximum Gasteiger partial charge on any atom is 0.489 e. The van der Waals surface area contributed by atoms with Crippen molar-refractivity contribution in [2.75, 3.05) is 0 Å². The molecule has 45 heavy (non-hydrogen) atoms. The van der Waals surface area contributed by atoms with E-state index in [1.165, 1.54) is 0 Å². The summed E-state index contributed by atoms with van der Waals surface area (Å²) in [4.78, 5) is 14.7. The second kappa shape index (κ2) is 12.5. The lowest BCUT2D eigenvalue weighted by Crippen LogP contribution is -2.31. The van der Waals surface area contributed by atoms with Crippen LogP contribution < -0.4 is 5.46 Å². The first-order valence-electron chi connectivity index (χ1n) is 14.8. The van der Waals surface area contributed by atoms with Crippen LogP contribution in [0.4, 0.5) is 0 Å². The molecule has 0 atom stereocenters. The lowest BCUT2D eigenvalue weighted by atomic mass is 9.75. The van der Waals surface area contributed by atoms with E-state index in [-0.39, 0.29) is 0 Å². The third kappa shape index (κ3) is 6.06. The molecule has 2 N–H and O–H groups in total. The van der Waals surface area contributed by atoms with Crippen LogP contribution in [0.3, 0.4) is 0 Å². The molecular weight excluding hydrogens is 553 g/mol. The average Bonchev–Trinajstić information content (AvgIpc) is 3.12. The number of hydrogen-bond acceptors (Lipinski definition) is 5. The molecule has 5 nitrogen and oxygen atoms in total. The highest BCUT2D eigenvalue weighted by Crippen LogP contribution is 2.29. The van der Waals surface area contributed by atoms with Crippen LogP contribution in [0.1, 0.15) is 0 Å². The molecule has 6 heteroatoms. The van der Waals surface area contributed by atoms with Gasteiger partial charge in [0.1, 0.15) is 0 Å². The highest BCUT2D eigenvalue weighted by atomic mass is 16.4. The predicted molar refractivity (Wildman–Crippen MR) is 182 cm³/mol. The molecule has 0 unspecified atom stereocenters. The summed E-state index contributed by atoms with van der Waals surface area (Å²) in [7, 11) is -1.56. The molecule has 0 fully saturated rings. The van der Waals surface area contributed by atoms with E-state index in [1.54, 1.807) is 12.1 Å². The fraction of sp³-hybridized carbons (Fsp3) is 0. The van der Waals surface area contributed by atoms with E-state index in [9.17, 15) is 10.0 Å². The molecule has 0 amide bonds. The topological polar surface area (TPSA) is 79.1 Å². The van der Waals surface area contributed by atoms with Crippen LogP contribution in [0.2, 0.25) is 0 Å². The largest absolute Gasteiger partial charge is 0.489 e. The van der Waals surface area contributed by atoms with Crippen LogP contribution >= 0.6 is 0 Å². The molecule has 0 bridgehead atoms. The van der Waals surface area contributed by atoms with E-state index >= 15 is 0 Å². The molecular formula is C39H28BN3O2. The summed E-state index contributed by atoms with van der Waals surface area (Å²) in [5.41, 5.74) is 9.22. The van der Waals surface area contributed by atoms with Gasteiger partial charge in [0, 0.05) is 16.7 Å². The maximum absolute atomic E-state index is 9.87. The van der Waals surface area contributed by atoms with Crippen molar-refractivity contribution in [1.82, 2.24) is 15.0 Å². The third-order valence-electron chi connectivity index (χ3n) is 7.83. The van der Waals surface area contributed by atoms with Gasteiger partial charge in [0.05, 0.1) is 0 Å². The summed E-state index contributed by atoms with van der Waals surface area (Å²) in [5, 5.41) is 19.7. The Labute approximate surface area is 262 Å². The van der Waals surface area contributed by atoms with Gasteiger partial charge in [-0.3, -0.25) is 0 Å². The van der Waals surface area contributed by atoms with Crippen LogP contribution in [-0.2, 0) is 0 Å². The minimum Gasteiger partial charge on any atom is -0.423 e. The zero-order chi connectivity index (χ0) is 30.6. The first-order chi connectivity index (χ1) is 22.1. The van der Waals surface area contributed by atoms with Crippen molar-refractivity contribution in [3.63, 3.8) is 0 Å². The number of benzene rings is 6. The molecule has 0 aliphatic carbocycles. The Morgan fingerprint density at radius 1 is 0.311 bits per heavy atom. The highest BCUT2D eigenvalue weighted by molar-refractivity contribution is 6.60. The van der Waals surface area contributed by atoms with Crippen molar-refractivity contribution in [1.29, 1.82) is 0 Å². The van der Waals surface area contributed by atoms with Gasteiger partial charge >= 0.3 is 7.12 Å². The summed E-state index contributed by atoms with van der Waals surface area (Å²) in [6.45, 7) is 0. The summed E-state index contributed by atoms with van der Waals surface area (Å²) in [5.74, 6) is 1.72. The lowest BCUT2D eigenvalue weighted by Gasteiger charge is -2.11. The standard InChI is InChI=1S/C39H28BN3O2/c44-40(45)36-14-8-7-13-35(36)31-19-25-34(26-20-31)39-42-37(32-21-15-29(16-22-32)27-9-3-1-4-10-27)41-38(43-39)33-23-17-30(18-24-33)28-11-5-2-6-12-28/h1-26,44-45H. The Hall–Kier alpha value is -5.69. The van der Waals surface area contributed by atoms with Crippen molar-refractivity contribution in [3.05, 3.63) is 158 Å². The Kier molecular flexibility index (Phi) is 7.81. The average molecular weight is 581 g/mol. The van der Waals surface area contributed by atoms with Gasteiger partial charge in [-0.15, -0.1) is 0 Å². The van der Waals surface area contributed by atoms with Crippen molar-refractivity contribution in [3.8, 4) is 67.5 Å². The van der Waals surface area contributed by atoms with E-state index in [0.717, 1.165) is 50.1 Å². The molecule has 0 aliphatic rings. The molecule has 0 aliphatic heterocycles. The first kappa shape index (κ1) is 28.1. The van der Waals surface area contributed by atoms with Gasteiger partial charge in [0.15, 0.2) is 17.5 Å². The van der Waals surface area contributed by atoms with Gasteiger partial charge in [-0.25, -0.2) is 15.0 Å². The number of hydrogen-bond donors (Lipinski definition) is 2. The fourth-order valence-electron chi connectivity index (χ4n) is 5.43. The fourth-order valence-corrected chi connectivity index (χ4v) is 5.43. The Morgan fingerprint density at radius 3 is 1.02 bits per heavy atom. The monoisotopic (exact) mass is 581 g/mol. The summed E-state index contributed by atoms with van der Waals surface area (Å²) >= 11 is 0.